The number of hydrogen-bond acceptors (Lipinski definition) is 5. The van der Waals surface area contributed by atoms with Gasteiger partial charge in [0.05, 0.1) is 0 Å². The minimum absolute atomic E-state index is 0.136. The van der Waals surface area contributed by atoms with Gasteiger partial charge < -0.3 is 21.3 Å². The van der Waals surface area contributed by atoms with Crippen LogP contribution in [0.2, 0.25) is 0 Å². The Hall–Kier alpha value is -3.35. The zero-order chi connectivity index (χ0) is 22.5. The molecule has 1 fully saturated rings. The summed E-state index contributed by atoms with van der Waals surface area (Å²) in [5.74, 6) is 1.19. The summed E-state index contributed by atoms with van der Waals surface area (Å²) in [4.78, 5) is 11.4. The highest BCUT2D eigenvalue weighted by atomic mass is 19.1. The maximum Gasteiger partial charge on any atom is 0.166 e. The van der Waals surface area contributed by atoms with Gasteiger partial charge in [-0.15, -0.1) is 0 Å². The van der Waals surface area contributed by atoms with Gasteiger partial charge in [0.25, 0.3) is 0 Å². The summed E-state index contributed by atoms with van der Waals surface area (Å²) in [6.07, 6.45) is 10.2. The Balaban J connectivity index is 2.02. The fourth-order valence-electron chi connectivity index (χ4n) is 3.74. The van der Waals surface area contributed by atoms with E-state index in [2.05, 4.69) is 52.8 Å². The third kappa shape index (κ3) is 4.87. The van der Waals surface area contributed by atoms with Crippen molar-refractivity contribution in [2.45, 2.75) is 26.7 Å². The Labute approximate surface area is 183 Å². The van der Waals surface area contributed by atoms with E-state index in [1.807, 2.05) is 19.1 Å². The molecule has 1 aliphatic heterocycles. The second kappa shape index (κ2) is 9.64. The van der Waals surface area contributed by atoms with E-state index in [-0.39, 0.29) is 17.4 Å². The van der Waals surface area contributed by atoms with Gasteiger partial charge in [0.15, 0.2) is 11.6 Å². The molecule has 7 heteroatoms. The molecule has 0 saturated carbocycles. The molecule has 1 unspecified atom stereocenters. The van der Waals surface area contributed by atoms with E-state index in [9.17, 15) is 4.39 Å². The van der Waals surface area contributed by atoms with Crippen molar-refractivity contribution in [1.82, 2.24) is 9.88 Å². The number of anilines is 2. The molecule has 2 aliphatic rings. The van der Waals surface area contributed by atoms with E-state index in [4.69, 9.17) is 10.7 Å². The standard InChI is InChI=1S/C24H31FN6/c1-6-28-24(31-12-8-10-16(31)3)19-13-18(11-7-9-15(19)2)29-22-20(17(4)26)14-21(25)23(27-5)30-22/h7,9,11,13-15H,3-4,6,8,10,12,26H2,1-2,5H3,(H2,27,29,30). The van der Waals surface area contributed by atoms with E-state index < -0.39 is 5.82 Å². The smallest absolute Gasteiger partial charge is 0.166 e. The molecule has 3 rings (SSSR count). The monoisotopic (exact) mass is 422 g/mol. The molecular formula is C24H31FN6. The summed E-state index contributed by atoms with van der Waals surface area (Å²) in [7, 11) is 1.62. The molecule has 0 amide bonds. The van der Waals surface area contributed by atoms with Crippen molar-refractivity contribution in [2.24, 2.45) is 16.6 Å². The number of aliphatic imine (C=N–C) groups is 1. The molecular weight excluding hydrogens is 391 g/mol. The first-order valence-corrected chi connectivity index (χ1v) is 10.6. The van der Waals surface area contributed by atoms with Crippen molar-refractivity contribution in [3.8, 4) is 0 Å². The Bertz CT molecular complexity index is 1000. The second-order valence-electron chi connectivity index (χ2n) is 7.63. The number of nitrogens with one attached hydrogen (secondary N) is 2. The van der Waals surface area contributed by atoms with Gasteiger partial charge in [0, 0.05) is 54.3 Å². The lowest BCUT2D eigenvalue weighted by Crippen LogP contribution is -2.30. The molecule has 4 N–H and O–H groups in total. The molecule has 1 aliphatic carbocycles. The van der Waals surface area contributed by atoms with Gasteiger partial charge in [-0.2, -0.15) is 0 Å². The summed E-state index contributed by atoms with van der Waals surface area (Å²) in [6, 6.07) is 1.34. The van der Waals surface area contributed by atoms with Gasteiger partial charge in [-0.25, -0.2) is 9.37 Å². The molecule has 1 aromatic rings. The number of allylic oxidation sites excluding steroid dienone is 5. The topological polar surface area (TPSA) is 78.6 Å². The van der Waals surface area contributed by atoms with Crippen molar-refractivity contribution in [2.75, 3.05) is 30.8 Å². The van der Waals surface area contributed by atoms with Crippen molar-refractivity contribution in [3.05, 3.63) is 71.9 Å². The van der Waals surface area contributed by atoms with Crippen LogP contribution in [0, 0.1) is 11.7 Å². The maximum atomic E-state index is 14.2. The van der Waals surface area contributed by atoms with Crippen LogP contribution >= 0.6 is 0 Å². The van der Waals surface area contributed by atoms with Crippen molar-refractivity contribution in [3.63, 3.8) is 0 Å². The van der Waals surface area contributed by atoms with Crippen molar-refractivity contribution >= 4 is 23.2 Å². The highest BCUT2D eigenvalue weighted by Crippen LogP contribution is 2.30. The van der Waals surface area contributed by atoms with Crippen LogP contribution in [0.25, 0.3) is 5.70 Å². The molecule has 0 bridgehead atoms. The summed E-state index contributed by atoms with van der Waals surface area (Å²) in [5.41, 5.74) is 9.53. The molecule has 6 nitrogen and oxygen atoms in total. The Morgan fingerprint density at radius 2 is 2.19 bits per heavy atom. The second-order valence-corrected chi connectivity index (χ2v) is 7.63. The van der Waals surface area contributed by atoms with Crippen LogP contribution in [-0.4, -0.2) is 35.9 Å². The minimum atomic E-state index is -0.487. The number of nitrogens with two attached hydrogens (primary N) is 1. The van der Waals surface area contributed by atoms with Gasteiger partial charge in [0.2, 0.25) is 0 Å². The molecule has 0 spiro atoms. The van der Waals surface area contributed by atoms with Gasteiger partial charge in [0.1, 0.15) is 11.7 Å². The zero-order valence-corrected chi connectivity index (χ0v) is 18.5. The lowest BCUT2D eigenvalue weighted by atomic mass is 9.98. The summed E-state index contributed by atoms with van der Waals surface area (Å²) in [5, 5.41) is 6.06. The minimum Gasteiger partial charge on any atom is -0.399 e. The molecule has 0 radical (unpaired) electrons. The van der Waals surface area contributed by atoms with E-state index in [0.29, 0.717) is 17.9 Å². The molecule has 1 atom stereocenters. The molecule has 164 valence electrons. The predicted octanol–water partition coefficient (Wildman–Crippen LogP) is 4.65. The number of hydrogen-bond donors (Lipinski definition) is 3. The van der Waals surface area contributed by atoms with E-state index in [1.54, 1.807) is 7.05 Å². The van der Waals surface area contributed by atoms with Crippen LogP contribution < -0.4 is 16.4 Å². The molecule has 1 saturated heterocycles. The summed E-state index contributed by atoms with van der Waals surface area (Å²) in [6.45, 7) is 13.8. The van der Waals surface area contributed by atoms with Gasteiger partial charge in [-0.3, -0.25) is 4.99 Å². The van der Waals surface area contributed by atoms with Crippen LogP contribution in [0.15, 0.2) is 65.5 Å². The summed E-state index contributed by atoms with van der Waals surface area (Å²) < 4.78 is 14.2. The Kier molecular flexibility index (Phi) is 6.95. The third-order valence-corrected chi connectivity index (χ3v) is 5.35. The lowest BCUT2D eigenvalue weighted by Gasteiger charge is -2.26. The first-order valence-electron chi connectivity index (χ1n) is 10.6. The summed E-state index contributed by atoms with van der Waals surface area (Å²) >= 11 is 0. The quantitative estimate of drug-likeness (QED) is 0.459. The van der Waals surface area contributed by atoms with E-state index in [0.717, 1.165) is 42.2 Å². The SMILES string of the molecule is C=C(N)c1cc(F)c(NC)nc1NC1=CC=CC(C)C(C(=NCC)N2CCCC2=C)=C1. The number of pyridine rings is 1. The fraction of sp³-hybridized carbons (Fsp3) is 0.333. The number of likely N-dealkylation sites (tertiary alicyclic amines) is 1. The fourth-order valence-corrected chi connectivity index (χ4v) is 3.74. The maximum absolute atomic E-state index is 14.2. The largest absolute Gasteiger partial charge is 0.399 e. The van der Waals surface area contributed by atoms with Crippen LogP contribution in [0.4, 0.5) is 16.0 Å². The zero-order valence-electron chi connectivity index (χ0n) is 18.5. The molecule has 2 heterocycles. The normalized spacial score (nSPS) is 19.1. The van der Waals surface area contributed by atoms with Gasteiger partial charge in [-0.1, -0.05) is 32.2 Å². The number of nitrogens with zero attached hydrogens (tertiary/aromatic N) is 3. The van der Waals surface area contributed by atoms with Crippen LogP contribution in [0.5, 0.6) is 0 Å². The first-order chi connectivity index (χ1) is 14.8. The Morgan fingerprint density at radius 1 is 1.42 bits per heavy atom. The highest BCUT2D eigenvalue weighted by molar-refractivity contribution is 6.01. The number of halogens is 1. The van der Waals surface area contributed by atoms with Crippen LogP contribution in [0.3, 0.4) is 0 Å². The van der Waals surface area contributed by atoms with Crippen molar-refractivity contribution in [1.29, 1.82) is 0 Å². The van der Waals surface area contributed by atoms with Crippen molar-refractivity contribution < 1.29 is 4.39 Å². The molecule has 0 aromatic carbocycles. The number of aromatic nitrogens is 1. The average molecular weight is 423 g/mol. The molecule has 31 heavy (non-hydrogen) atoms. The van der Waals surface area contributed by atoms with Gasteiger partial charge in [-0.05, 0) is 38.0 Å². The highest BCUT2D eigenvalue weighted by Gasteiger charge is 2.26. The third-order valence-electron chi connectivity index (χ3n) is 5.35. The van der Waals surface area contributed by atoms with Gasteiger partial charge >= 0.3 is 0 Å². The molecule has 1 aromatic heterocycles. The number of rotatable bonds is 6. The Morgan fingerprint density at radius 3 is 2.81 bits per heavy atom. The lowest BCUT2D eigenvalue weighted by molar-refractivity contribution is 0.580. The first kappa shape index (κ1) is 22.3. The number of amidine groups is 1. The predicted molar refractivity (Wildman–Crippen MR) is 128 cm³/mol. The van der Waals surface area contributed by atoms with Crippen LogP contribution in [0.1, 0.15) is 32.3 Å². The van der Waals surface area contributed by atoms with E-state index >= 15 is 0 Å². The van der Waals surface area contributed by atoms with Crippen LogP contribution in [-0.2, 0) is 0 Å². The average Bonchev–Trinajstić information content (AvgIpc) is 3.07. The van der Waals surface area contributed by atoms with E-state index in [1.165, 1.54) is 6.07 Å².